The monoisotopic (exact) mass is 260 g/mol. The summed E-state index contributed by atoms with van der Waals surface area (Å²) in [6.45, 7) is 2.31. The molecule has 0 aliphatic rings. The largest absolute Gasteiger partial charge is 0.488 e. The van der Waals surface area contributed by atoms with Crippen LogP contribution < -0.4 is 4.74 Å². The minimum Gasteiger partial charge on any atom is -0.488 e. The van der Waals surface area contributed by atoms with E-state index in [1.54, 1.807) is 11.8 Å². The highest BCUT2D eigenvalue weighted by molar-refractivity contribution is 7.99. The molecule has 0 aromatic heterocycles. The summed E-state index contributed by atoms with van der Waals surface area (Å²) in [5.41, 5.74) is -0.0334. The summed E-state index contributed by atoms with van der Waals surface area (Å²) < 4.78 is 31.7. The van der Waals surface area contributed by atoms with Crippen LogP contribution in [0.25, 0.3) is 0 Å². The minimum atomic E-state index is -0.838. The first kappa shape index (κ1) is 14.0. The Hall–Kier alpha value is -1.10. The number of carbonyl (C=O) groups is 1. The molecule has 0 unspecified atom stereocenters. The van der Waals surface area contributed by atoms with E-state index in [1.807, 2.05) is 6.92 Å². The summed E-state index contributed by atoms with van der Waals surface area (Å²) in [4.78, 5) is 10.4. The lowest BCUT2D eigenvalue weighted by Crippen LogP contribution is -2.03. The van der Waals surface area contributed by atoms with E-state index < -0.39 is 17.4 Å². The third-order valence-corrected chi connectivity index (χ3v) is 3.03. The van der Waals surface area contributed by atoms with Gasteiger partial charge in [0, 0.05) is 5.56 Å². The van der Waals surface area contributed by atoms with Crippen molar-refractivity contribution in [2.45, 2.75) is 13.3 Å². The molecule has 1 rings (SSSR count). The first-order valence-corrected chi connectivity index (χ1v) is 6.49. The Bertz CT molecular complexity index is 360. The third kappa shape index (κ3) is 4.34. The summed E-state index contributed by atoms with van der Waals surface area (Å²) >= 11 is 1.74. The predicted molar refractivity (Wildman–Crippen MR) is 64.9 cm³/mol. The van der Waals surface area contributed by atoms with Crippen LogP contribution in [0.2, 0.25) is 0 Å². The van der Waals surface area contributed by atoms with Crippen LogP contribution in [-0.2, 0) is 0 Å². The second kappa shape index (κ2) is 7.27. The Labute approximate surface area is 103 Å². The van der Waals surface area contributed by atoms with E-state index in [0.717, 1.165) is 30.1 Å². The molecule has 0 radical (unpaired) electrons. The van der Waals surface area contributed by atoms with Gasteiger partial charge in [0.05, 0.1) is 6.61 Å². The molecule has 0 aliphatic carbocycles. The maximum absolute atomic E-state index is 13.3. The van der Waals surface area contributed by atoms with Crippen molar-refractivity contribution < 1.29 is 18.3 Å². The Morgan fingerprint density at radius 1 is 1.35 bits per heavy atom. The van der Waals surface area contributed by atoms with Gasteiger partial charge in [-0.2, -0.15) is 11.8 Å². The van der Waals surface area contributed by atoms with Crippen LogP contribution in [0.15, 0.2) is 12.1 Å². The molecule has 2 nitrogen and oxygen atoms in total. The molecule has 0 bridgehead atoms. The average Bonchev–Trinajstić information content (AvgIpc) is 2.31. The highest BCUT2D eigenvalue weighted by Gasteiger charge is 2.12. The van der Waals surface area contributed by atoms with Gasteiger partial charge in [-0.15, -0.1) is 0 Å². The Morgan fingerprint density at radius 3 is 2.53 bits per heavy atom. The van der Waals surface area contributed by atoms with Crippen LogP contribution in [0, 0.1) is 11.6 Å². The molecule has 0 spiro atoms. The van der Waals surface area contributed by atoms with E-state index in [4.69, 9.17) is 4.74 Å². The molecule has 0 saturated heterocycles. The molecular weight excluding hydrogens is 246 g/mol. The Balaban J connectivity index is 2.56. The van der Waals surface area contributed by atoms with E-state index in [0.29, 0.717) is 6.29 Å². The molecule has 1 aromatic rings. The van der Waals surface area contributed by atoms with Crippen molar-refractivity contribution in [3.05, 3.63) is 29.3 Å². The maximum atomic E-state index is 13.3. The van der Waals surface area contributed by atoms with Gasteiger partial charge in [-0.3, -0.25) is 4.79 Å². The van der Waals surface area contributed by atoms with Gasteiger partial charge in [0.15, 0.2) is 17.4 Å². The highest BCUT2D eigenvalue weighted by atomic mass is 32.2. The number of halogens is 2. The summed E-state index contributed by atoms with van der Waals surface area (Å²) in [6.07, 6.45) is 1.13. The first-order valence-electron chi connectivity index (χ1n) is 5.33. The van der Waals surface area contributed by atoms with Gasteiger partial charge in [-0.25, -0.2) is 8.78 Å². The molecule has 17 heavy (non-hydrogen) atoms. The number of hydrogen-bond donors (Lipinski definition) is 0. The summed E-state index contributed by atoms with van der Waals surface area (Å²) in [5, 5.41) is 0. The van der Waals surface area contributed by atoms with E-state index in [1.165, 1.54) is 0 Å². The average molecular weight is 260 g/mol. The minimum absolute atomic E-state index is 0.0334. The van der Waals surface area contributed by atoms with Crippen LogP contribution in [-0.4, -0.2) is 24.4 Å². The molecule has 0 aliphatic heterocycles. The zero-order chi connectivity index (χ0) is 12.7. The molecule has 0 atom stereocenters. The quantitative estimate of drug-likeness (QED) is 0.556. The topological polar surface area (TPSA) is 26.3 Å². The lowest BCUT2D eigenvalue weighted by molar-refractivity contribution is 0.112. The molecule has 0 saturated carbocycles. The molecule has 1 aromatic carbocycles. The second-order valence-corrected chi connectivity index (χ2v) is 4.72. The number of thioether (sulfide) groups is 1. The van der Waals surface area contributed by atoms with Crippen LogP contribution in [0.1, 0.15) is 23.7 Å². The van der Waals surface area contributed by atoms with Crippen molar-refractivity contribution >= 4 is 18.0 Å². The summed E-state index contributed by atoms with van der Waals surface area (Å²) in [6, 6.07) is 1.93. The number of rotatable bonds is 7. The lowest BCUT2D eigenvalue weighted by Gasteiger charge is -2.08. The molecule has 94 valence electrons. The van der Waals surface area contributed by atoms with Crippen LogP contribution >= 0.6 is 11.8 Å². The molecule has 0 N–H and O–H groups in total. The summed E-state index contributed by atoms with van der Waals surface area (Å²) in [7, 11) is 0. The van der Waals surface area contributed by atoms with Crippen molar-refractivity contribution in [2.75, 3.05) is 18.1 Å². The standard InChI is InChI=1S/C12H14F2O2S/c1-2-17-5-3-4-16-12-10(13)6-9(8-15)7-11(12)14/h6-8H,2-5H2,1H3. The van der Waals surface area contributed by atoms with Gasteiger partial charge >= 0.3 is 0 Å². The van der Waals surface area contributed by atoms with E-state index in [2.05, 4.69) is 0 Å². The fraction of sp³-hybridized carbons (Fsp3) is 0.417. The summed E-state index contributed by atoms with van der Waals surface area (Å²) in [5.74, 6) is -0.175. The van der Waals surface area contributed by atoms with Crippen LogP contribution in [0.5, 0.6) is 5.75 Å². The second-order valence-electron chi connectivity index (χ2n) is 3.33. The van der Waals surface area contributed by atoms with Gasteiger partial charge in [0.25, 0.3) is 0 Å². The number of aldehydes is 1. The fourth-order valence-electron chi connectivity index (χ4n) is 1.26. The Kier molecular flexibility index (Phi) is 5.97. The Morgan fingerprint density at radius 2 is 2.00 bits per heavy atom. The van der Waals surface area contributed by atoms with Gasteiger partial charge in [0.1, 0.15) is 6.29 Å². The normalized spacial score (nSPS) is 10.3. The number of ether oxygens (including phenoxy) is 1. The van der Waals surface area contributed by atoms with Gasteiger partial charge in [0.2, 0.25) is 0 Å². The number of hydrogen-bond acceptors (Lipinski definition) is 3. The predicted octanol–water partition coefficient (Wildman–Crippen LogP) is 3.30. The van der Waals surface area contributed by atoms with Gasteiger partial charge in [-0.05, 0) is 30.1 Å². The van der Waals surface area contributed by atoms with Crippen molar-refractivity contribution in [2.24, 2.45) is 0 Å². The SMILES string of the molecule is CCSCCCOc1c(F)cc(C=O)cc1F. The first-order chi connectivity index (χ1) is 8.19. The molecule has 0 heterocycles. The van der Waals surface area contributed by atoms with Crippen molar-refractivity contribution in [1.29, 1.82) is 0 Å². The van der Waals surface area contributed by atoms with Crippen molar-refractivity contribution in [1.82, 2.24) is 0 Å². The van der Waals surface area contributed by atoms with Gasteiger partial charge < -0.3 is 4.74 Å². The number of benzene rings is 1. The molecule has 5 heteroatoms. The van der Waals surface area contributed by atoms with Crippen LogP contribution in [0.3, 0.4) is 0 Å². The van der Waals surface area contributed by atoms with Crippen molar-refractivity contribution in [3.63, 3.8) is 0 Å². The smallest absolute Gasteiger partial charge is 0.190 e. The number of carbonyl (C=O) groups excluding carboxylic acids is 1. The van der Waals surface area contributed by atoms with Crippen LogP contribution in [0.4, 0.5) is 8.78 Å². The highest BCUT2D eigenvalue weighted by Crippen LogP contribution is 2.23. The molecule has 0 fully saturated rings. The van der Waals surface area contributed by atoms with E-state index in [-0.39, 0.29) is 12.2 Å². The molecular formula is C12H14F2O2S. The molecule has 0 amide bonds. The fourth-order valence-corrected chi connectivity index (χ4v) is 1.88. The van der Waals surface area contributed by atoms with Gasteiger partial charge in [-0.1, -0.05) is 6.92 Å². The zero-order valence-corrected chi connectivity index (χ0v) is 10.4. The van der Waals surface area contributed by atoms with Crippen molar-refractivity contribution in [3.8, 4) is 5.75 Å². The zero-order valence-electron chi connectivity index (χ0n) is 9.54. The van der Waals surface area contributed by atoms with E-state index >= 15 is 0 Å². The van der Waals surface area contributed by atoms with E-state index in [9.17, 15) is 13.6 Å². The maximum Gasteiger partial charge on any atom is 0.190 e. The third-order valence-electron chi connectivity index (χ3n) is 2.04. The lowest BCUT2D eigenvalue weighted by atomic mass is 10.2.